The summed E-state index contributed by atoms with van der Waals surface area (Å²) in [5.41, 5.74) is 2.67. The van der Waals surface area contributed by atoms with Crippen molar-refractivity contribution in [1.29, 1.82) is 0 Å². The minimum absolute atomic E-state index is 0.0433. The standard InChI is InChI=1S/C45H47ClF3N7O8S/c1-44(2)11-9-29(37(23-44)35-6-3-30(20-38(35)46)45(47,48)49)26-54-13-15-55(16-14-54)31-4-7-36(41(21-31)64-32-19-28-10-12-50-42(28)52-24-32)43(57)53-65(60,61)34-5-8-39(40(22-34)56(58)59)51-25-33-27-62-17-18-63-33/h3-8,10,12,19-22,24,33,51H,9,11,13-18,23,25-27H2,1-2H3,(H,50,52)(H,53,57). The molecule has 344 valence electrons. The summed E-state index contributed by atoms with van der Waals surface area (Å²) in [4.78, 5) is 36.5. The van der Waals surface area contributed by atoms with Crippen molar-refractivity contribution in [1.82, 2.24) is 19.6 Å². The molecule has 2 saturated heterocycles. The van der Waals surface area contributed by atoms with Crippen molar-refractivity contribution in [3.63, 3.8) is 0 Å². The summed E-state index contributed by atoms with van der Waals surface area (Å²) >= 11 is 6.53. The van der Waals surface area contributed by atoms with Gasteiger partial charge in [0.05, 0.1) is 53.1 Å². The van der Waals surface area contributed by atoms with Crippen LogP contribution in [0.2, 0.25) is 5.02 Å². The third-order valence-corrected chi connectivity index (χ3v) is 13.5. The fourth-order valence-corrected chi connectivity index (χ4v) is 9.62. The van der Waals surface area contributed by atoms with Gasteiger partial charge < -0.3 is 29.4 Å². The number of fused-ring (bicyclic) bond motifs is 1. The first-order valence-electron chi connectivity index (χ1n) is 21.0. The molecule has 1 unspecified atom stereocenters. The molecule has 8 rings (SSSR count). The molecule has 20 heteroatoms. The molecule has 65 heavy (non-hydrogen) atoms. The summed E-state index contributed by atoms with van der Waals surface area (Å²) in [5.74, 6) is -0.700. The molecular formula is C45H47ClF3N7O8S. The number of carbonyl (C=O) groups excluding carboxylic acids is 1. The van der Waals surface area contributed by atoms with Crippen molar-refractivity contribution < 1.29 is 45.5 Å². The van der Waals surface area contributed by atoms with Gasteiger partial charge in [0, 0.05) is 73.7 Å². The highest BCUT2D eigenvalue weighted by Gasteiger charge is 2.34. The van der Waals surface area contributed by atoms with Gasteiger partial charge in [0.15, 0.2) is 0 Å². The number of halogens is 4. The number of aromatic nitrogens is 2. The first kappa shape index (κ1) is 45.8. The van der Waals surface area contributed by atoms with E-state index in [0.717, 1.165) is 53.6 Å². The average molecular weight is 938 g/mol. The molecule has 3 aliphatic rings. The minimum Gasteiger partial charge on any atom is -0.455 e. The van der Waals surface area contributed by atoms with Gasteiger partial charge in [-0.3, -0.25) is 19.8 Å². The molecular weight excluding hydrogens is 891 g/mol. The molecule has 4 heterocycles. The fourth-order valence-electron chi connectivity index (χ4n) is 8.34. The quantitative estimate of drug-likeness (QED) is 0.0756. The SMILES string of the molecule is CC1(C)CCC(CN2CCN(c3ccc(C(=O)NS(=O)(=O)c4ccc(NCC5COCCO5)c([N+](=O)[O-])c4)c(Oc4cnc5[nH]ccc5c4)c3)CC2)=C(c2ccc(C(F)(F)F)cc2Cl)C1. The second-order valence-corrected chi connectivity index (χ2v) is 19.2. The highest BCUT2D eigenvalue weighted by atomic mass is 35.5. The zero-order valence-corrected chi connectivity index (χ0v) is 37.1. The molecule has 0 bridgehead atoms. The van der Waals surface area contributed by atoms with E-state index in [1.54, 1.807) is 30.5 Å². The molecule has 3 aromatic carbocycles. The lowest BCUT2D eigenvalue weighted by Gasteiger charge is -2.39. The number of anilines is 2. The van der Waals surface area contributed by atoms with E-state index in [9.17, 15) is 36.5 Å². The molecule has 2 aliphatic heterocycles. The summed E-state index contributed by atoms with van der Waals surface area (Å²) in [6, 6.07) is 15.2. The predicted octanol–water partition coefficient (Wildman–Crippen LogP) is 8.67. The lowest BCUT2D eigenvalue weighted by Crippen LogP contribution is -2.47. The molecule has 2 fully saturated rings. The van der Waals surface area contributed by atoms with Crippen LogP contribution in [-0.2, 0) is 25.7 Å². The van der Waals surface area contributed by atoms with E-state index in [2.05, 4.69) is 43.7 Å². The van der Waals surface area contributed by atoms with E-state index in [1.165, 1.54) is 24.4 Å². The summed E-state index contributed by atoms with van der Waals surface area (Å²) < 4.78 is 87.0. The van der Waals surface area contributed by atoms with E-state index in [-0.39, 0.29) is 45.8 Å². The van der Waals surface area contributed by atoms with Crippen LogP contribution in [-0.4, -0.2) is 99.3 Å². The summed E-state index contributed by atoms with van der Waals surface area (Å²) in [6.45, 7) is 8.70. The van der Waals surface area contributed by atoms with E-state index in [0.29, 0.717) is 75.9 Å². The number of alkyl halides is 3. The Morgan fingerprint density at radius 2 is 1.86 bits per heavy atom. The first-order valence-corrected chi connectivity index (χ1v) is 22.9. The number of piperazine rings is 1. The van der Waals surface area contributed by atoms with Gasteiger partial charge in [-0.05, 0) is 84.3 Å². The zero-order valence-electron chi connectivity index (χ0n) is 35.5. The van der Waals surface area contributed by atoms with Crippen LogP contribution >= 0.6 is 11.6 Å². The van der Waals surface area contributed by atoms with Crippen LogP contribution in [0.25, 0.3) is 16.6 Å². The molecule has 15 nitrogen and oxygen atoms in total. The Morgan fingerprint density at radius 1 is 1.06 bits per heavy atom. The fraction of sp³-hybridized carbons (Fsp3) is 0.378. The van der Waals surface area contributed by atoms with Crippen molar-refractivity contribution >= 4 is 61.2 Å². The Balaban J connectivity index is 1.01. The number of H-pyrrole nitrogens is 1. The summed E-state index contributed by atoms with van der Waals surface area (Å²) in [5, 5.41) is 15.8. The van der Waals surface area contributed by atoms with Crippen LogP contribution in [0.3, 0.4) is 0 Å². The number of nitrogens with one attached hydrogen (secondary N) is 3. The number of hydrogen-bond acceptors (Lipinski definition) is 12. The molecule has 2 aromatic heterocycles. The average Bonchev–Trinajstić information content (AvgIpc) is 3.74. The maximum Gasteiger partial charge on any atom is 0.416 e. The number of nitro benzene ring substituents is 1. The molecule has 0 saturated carbocycles. The maximum atomic E-state index is 13.9. The van der Waals surface area contributed by atoms with Gasteiger partial charge in [-0.1, -0.05) is 37.1 Å². The number of sulfonamides is 1. The Morgan fingerprint density at radius 3 is 2.58 bits per heavy atom. The Hall–Kier alpha value is -5.73. The van der Waals surface area contributed by atoms with Crippen molar-refractivity contribution in [2.75, 3.05) is 69.3 Å². The number of aromatic amines is 1. The van der Waals surface area contributed by atoms with Gasteiger partial charge in [-0.2, -0.15) is 13.2 Å². The number of allylic oxidation sites excluding steroid dienone is 1. The van der Waals surface area contributed by atoms with Gasteiger partial charge in [0.1, 0.15) is 22.8 Å². The van der Waals surface area contributed by atoms with Gasteiger partial charge in [0.2, 0.25) is 0 Å². The van der Waals surface area contributed by atoms with Gasteiger partial charge in [-0.25, -0.2) is 18.1 Å². The third-order valence-electron chi connectivity index (χ3n) is 11.9. The van der Waals surface area contributed by atoms with E-state index in [1.807, 2.05) is 0 Å². The number of carbonyl (C=O) groups is 1. The molecule has 1 aliphatic carbocycles. The molecule has 5 aromatic rings. The van der Waals surface area contributed by atoms with Crippen LogP contribution < -0.4 is 19.7 Å². The van der Waals surface area contributed by atoms with Crippen molar-refractivity contribution in [3.8, 4) is 11.5 Å². The normalized spacial score (nSPS) is 18.4. The zero-order chi connectivity index (χ0) is 46.1. The molecule has 1 amide bonds. The molecule has 0 spiro atoms. The topological polar surface area (TPSA) is 181 Å². The predicted molar refractivity (Wildman–Crippen MR) is 239 cm³/mol. The smallest absolute Gasteiger partial charge is 0.416 e. The van der Waals surface area contributed by atoms with Crippen molar-refractivity contribution in [2.45, 2.75) is 50.3 Å². The van der Waals surface area contributed by atoms with E-state index in [4.69, 9.17) is 25.8 Å². The molecule has 3 N–H and O–H groups in total. The van der Waals surface area contributed by atoms with Crippen LogP contribution in [0.4, 0.5) is 30.2 Å². The number of ether oxygens (including phenoxy) is 3. The van der Waals surface area contributed by atoms with Crippen LogP contribution in [0.5, 0.6) is 11.5 Å². The maximum absolute atomic E-state index is 13.9. The highest BCUT2D eigenvalue weighted by Crippen LogP contribution is 2.46. The number of benzene rings is 3. The number of pyridine rings is 1. The number of hydrogen-bond donors (Lipinski definition) is 3. The van der Waals surface area contributed by atoms with Crippen LogP contribution in [0, 0.1) is 15.5 Å². The van der Waals surface area contributed by atoms with Gasteiger partial charge >= 0.3 is 6.18 Å². The monoisotopic (exact) mass is 937 g/mol. The lowest BCUT2D eigenvalue weighted by atomic mass is 9.72. The molecule has 0 radical (unpaired) electrons. The highest BCUT2D eigenvalue weighted by molar-refractivity contribution is 7.90. The lowest BCUT2D eigenvalue weighted by molar-refractivity contribution is -0.384. The third kappa shape index (κ3) is 10.7. The Labute approximate surface area is 378 Å². The summed E-state index contributed by atoms with van der Waals surface area (Å²) in [7, 11) is -4.64. The van der Waals surface area contributed by atoms with Crippen molar-refractivity contribution in [3.05, 3.63) is 117 Å². The first-order chi connectivity index (χ1) is 30.9. The molecule has 1 atom stereocenters. The van der Waals surface area contributed by atoms with Crippen LogP contribution in [0.1, 0.15) is 54.6 Å². The van der Waals surface area contributed by atoms with Gasteiger partial charge in [0.25, 0.3) is 21.6 Å². The number of nitro groups is 1. The van der Waals surface area contributed by atoms with E-state index < -0.39 is 43.2 Å². The van der Waals surface area contributed by atoms with Crippen molar-refractivity contribution in [2.24, 2.45) is 5.41 Å². The number of nitrogens with zero attached hydrogens (tertiary/aromatic N) is 4. The minimum atomic E-state index is -4.64. The largest absolute Gasteiger partial charge is 0.455 e. The van der Waals surface area contributed by atoms with Gasteiger partial charge in [-0.15, -0.1) is 0 Å². The number of rotatable bonds is 13. The van der Waals surface area contributed by atoms with E-state index >= 15 is 0 Å². The second-order valence-electron chi connectivity index (χ2n) is 17.1. The Bertz CT molecular complexity index is 2750. The summed E-state index contributed by atoms with van der Waals surface area (Å²) in [6.07, 6.45) is 0.732. The number of amides is 1. The van der Waals surface area contributed by atoms with Crippen LogP contribution in [0.15, 0.2) is 89.6 Å². The second kappa shape index (κ2) is 18.6. The Kier molecular flexibility index (Phi) is 13.1.